The summed E-state index contributed by atoms with van der Waals surface area (Å²) in [6.45, 7) is 15.0. The molecule has 0 nitrogen and oxygen atoms in total. The van der Waals surface area contributed by atoms with E-state index in [4.69, 9.17) is 0 Å². The molecule has 0 N–H and O–H groups in total. The van der Waals surface area contributed by atoms with Crippen molar-refractivity contribution in [3.63, 3.8) is 0 Å². The molecule has 3 aliphatic rings. The first-order chi connectivity index (χ1) is 12.0. The highest BCUT2D eigenvalue weighted by molar-refractivity contribution is 14.1. The lowest BCUT2D eigenvalue weighted by molar-refractivity contribution is 0.0969. The van der Waals surface area contributed by atoms with Gasteiger partial charge < -0.3 is 0 Å². The molecule has 1 aliphatic heterocycles. The van der Waals surface area contributed by atoms with Crippen molar-refractivity contribution in [2.24, 2.45) is 34.5 Å². The van der Waals surface area contributed by atoms with Gasteiger partial charge in [-0.1, -0.05) is 114 Å². The van der Waals surface area contributed by atoms with Crippen molar-refractivity contribution in [2.75, 3.05) is 0 Å². The van der Waals surface area contributed by atoms with Crippen LogP contribution in [0, 0.1) is 34.5 Å². The first-order valence-corrected chi connectivity index (χ1v) is 12.9. The zero-order chi connectivity index (χ0) is 19.3. The van der Waals surface area contributed by atoms with Crippen LogP contribution in [-0.4, -0.2) is 19.1 Å². The molecular formula is C23H43B2I. The highest BCUT2D eigenvalue weighted by Crippen LogP contribution is 2.60. The summed E-state index contributed by atoms with van der Waals surface area (Å²) in [5.41, 5.74) is 0.975. The van der Waals surface area contributed by atoms with Gasteiger partial charge in [0.05, 0.1) is 0 Å². The zero-order valence-electron chi connectivity index (χ0n) is 18.7. The minimum Gasteiger partial charge on any atom is -0.0823 e. The van der Waals surface area contributed by atoms with Crippen LogP contribution in [0.4, 0.5) is 0 Å². The standard InChI is InChI=1S/C23H43B2I/c1-22(2,3)14-7-9-16-13-17(20(26)10-8-14)18-11-15(24)12-19(21(18)25-16)23(4,5)6/h14-21,25H,7-13,24H2,1-6H3/t14?,15?,16?,17?,18?,19-,20?,21?/m0/s1. The average Bonchev–Trinajstić information content (AvgIpc) is 2.56. The fraction of sp³-hybridized carbons (Fsp3) is 1.00. The van der Waals surface area contributed by atoms with Gasteiger partial charge in [0.15, 0.2) is 0 Å². The normalized spacial score (nSPS) is 44.9. The van der Waals surface area contributed by atoms with Crippen molar-refractivity contribution >= 4 is 37.7 Å². The summed E-state index contributed by atoms with van der Waals surface area (Å²) in [5, 5.41) is 0. The molecule has 148 valence electrons. The number of halogens is 1. The average molecular weight is 468 g/mol. The van der Waals surface area contributed by atoms with Gasteiger partial charge in [-0.05, 0) is 47.3 Å². The van der Waals surface area contributed by atoms with E-state index in [1.807, 2.05) is 0 Å². The molecule has 3 heteroatoms. The van der Waals surface area contributed by atoms with Crippen molar-refractivity contribution in [2.45, 2.75) is 108 Å². The van der Waals surface area contributed by atoms with E-state index in [0.29, 0.717) is 10.8 Å². The second-order valence-corrected chi connectivity index (χ2v) is 14.2. The number of rotatable bonds is 0. The van der Waals surface area contributed by atoms with Gasteiger partial charge in [-0.2, -0.15) is 0 Å². The predicted molar refractivity (Wildman–Crippen MR) is 130 cm³/mol. The predicted octanol–water partition coefficient (Wildman–Crippen LogP) is 6.55. The SMILES string of the molecule is BC1CC2C3CC(BC2[C@@H](C(C)(C)C)C1)CCC(C(C)(C)C)CCC3I. The second-order valence-electron chi connectivity index (χ2n) is 12.6. The van der Waals surface area contributed by atoms with E-state index in [-0.39, 0.29) is 0 Å². The first kappa shape index (κ1) is 21.6. The van der Waals surface area contributed by atoms with Gasteiger partial charge in [0.2, 0.25) is 0 Å². The molecular weight excluding hydrogens is 425 g/mol. The Balaban J connectivity index is 1.86. The largest absolute Gasteiger partial charge is 0.128 e. The molecule has 0 aromatic carbocycles. The van der Waals surface area contributed by atoms with Gasteiger partial charge in [0.25, 0.3) is 0 Å². The summed E-state index contributed by atoms with van der Waals surface area (Å²) >= 11 is 2.88. The molecule has 3 fully saturated rings. The molecule has 0 radical (unpaired) electrons. The molecule has 26 heavy (non-hydrogen) atoms. The Labute approximate surface area is 179 Å². The zero-order valence-corrected chi connectivity index (χ0v) is 20.8. The molecule has 1 heterocycles. The fourth-order valence-electron chi connectivity index (χ4n) is 7.18. The summed E-state index contributed by atoms with van der Waals surface area (Å²) in [6, 6.07) is 0. The lowest BCUT2D eigenvalue weighted by atomic mass is 9.34. The second kappa shape index (κ2) is 7.94. The maximum Gasteiger partial charge on any atom is 0.128 e. The Morgan fingerprint density at radius 2 is 1.46 bits per heavy atom. The lowest BCUT2D eigenvalue weighted by Crippen LogP contribution is -2.46. The third kappa shape index (κ3) is 4.70. The number of alkyl halides is 1. The third-order valence-electron chi connectivity index (χ3n) is 8.67. The fourth-order valence-corrected chi connectivity index (χ4v) is 8.37. The van der Waals surface area contributed by atoms with Crippen LogP contribution in [-0.2, 0) is 0 Å². The van der Waals surface area contributed by atoms with Crippen LogP contribution in [0.3, 0.4) is 0 Å². The van der Waals surface area contributed by atoms with Crippen LogP contribution in [0.1, 0.15) is 86.5 Å². The summed E-state index contributed by atoms with van der Waals surface area (Å²) in [6.07, 6.45) is 10.5. The minimum atomic E-state index is 0.485. The summed E-state index contributed by atoms with van der Waals surface area (Å²) < 4.78 is 0.914. The van der Waals surface area contributed by atoms with Gasteiger partial charge in [-0.25, -0.2) is 0 Å². The number of hydrogen-bond donors (Lipinski definition) is 0. The third-order valence-corrected chi connectivity index (χ3v) is 10.2. The van der Waals surface area contributed by atoms with E-state index in [0.717, 1.165) is 45.0 Å². The van der Waals surface area contributed by atoms with E-state index in [9.17, 15) is 0 Å². The van der Waals surface area contributed by atoms with Crippen molar-refractivity contribution in [3.05, 3.63) is 0 Å². The van der Waals surface area contributed by atoms with Crippen LogP contribution in [0.15, 0.2) is 0 Å². The molecule has 0 aromatic heterocycles. The van der Waals surface area contributed by atoms with Gasteiger partial charge >= 0.3 is 0 Å². The Morgan fingerprint density at radius 3 is 2.08 bits per heavy atom. The summed E-state index contributed by atoms with van der Waals surface area (Å²) in [5.74, 6) is 6.87. The molecule has 8 atom stereocenters. The molecule has 0 aromatic rings. The van der Waals surface area contributed by atoms with Gasteiger partial charge in [0.1, 0.15) is 15.1 Å². The smallest absolute Gasteiger partial charge is 0.0823 e. The van der Waals surface area contributed by atoms with Crippen molar-refractivity contribution < 1.29 is 0 Å². The molecule has 0 spiro atoms. The van der Waals surface area contributed by atoms with Crippen LogP contribution < -0.4 is 0 Å². The Kier molecular flexibility index (Phi) is 6.59. The molecule has 2 saturated carbocycles. The van der Waals surface area contributed by atoms with E-state index >= 15 is 0 Å². The summed E-state index contributed by atoms with van der Waals surface area (Å²) in [4.78, 5) is 0. The van der Waals surface area contributed by atoms with Crippen molar-refractivity contribution in [1.82, 2.24) is 0 Å². The van der Waals surface area contributed by atoms with Crippen LogP contribution >= 0.6 is 22.6 Å². The van der Waals surface area contributed by atoms with E-state index in [1.165, 1.54) is 38.5 Å². The lowest BCUT2D eigenvalue weighted by Gasteiger charge is -2.54. The monoisotopic (exact) mass is 468 g/mol. The van der Waals surface area contributed by atoms with Crippen molar-refractivity contribution in [1.29, 1.82) is 0 Å². The molecule has 0 amide bonds. The maximum absolute atomic E-state index is 2.88. The molecule has 7 unspecified atom stereocenters. The Bertz CT molecular complexity index is 478. The maximum atomic E-state index is 2.88. The first-order valence-electron chi connectivity index (χ1n) is 11.6. The highest BCUT2D eigenvalue weighted by atomic mass is 127. The quantitative estimate of drug-likeness (QED) is 0.215. The van der Waals surface area contributed by atoms with Gasteiger partial charge in [-0.15, -0.1) is 0 Å². The minimum absolute atomic E-state index is 0.485. The Hall–Kier alpha value is 0.860. The highest BCUT2D eigenvalue weighted by Gasteiger charge is 2.50. The molecule has 3 rings (SSSR count). The van der Waals surface area contributed by atoms with Gasteiger partial charge in [-0.3, -0.25) is 0 Å². The van der Waals surface area contributed by atoms with Gasteiger partial charge in [0, 0.05) is 3.92 Å². The van der Waals surface area contributed by atoms with Crippen LogP contribution in [0.5, 0.6) is 0 Å². The molecule has 2 bridgehead atoms. The topological polar surface area (TPSA) is 0 Å². The van der Waals surface area contributed by atoms with E-state index < -0.39 is 0 Å². The van der Waals surface area contributed by atoms with Crippen LogP contribution in [0.25, 0.3) is 0 Å². The molecule has 1 saturated heterocycles. The Morgan fingerprint density at radius 1 is 0.808 bits per heavy atom. The summed E-state index contributed by atoms with van der Waals surface area (Å²) in [7, 11) is 4.10. The van der Waals surface area contributed by atoms with Crippen molar-refractivity contribution in [3.8, 4) is 0 Å². The number of fused-ring (bicyclic) bond motifs is 4. The van der Waals surface area contributed by atoms with E-state index in [1.54, 1.807) is 13.7 Å². The number of hydrogen-bond acceptors (Lipinski definition) is 0. The molecule has 2 aliphatic carbocycles. The van der Waals surface area contributed by atoms with E-state index in [2.05, 4.69) is 72.0 Å². The van der Waals surface area contributed by atoms with Crippen LogP contribution in [0.2, 0.25) is 17.5 Å².